The number of anilines is 1. The highest BCUT2D eigenvalue weighted by molar-refractivity contribution is 6.06. The van der Waals surface area contributed by atoms with E-state index in [-0.39, 0.29) is 24.6 Å². The molecule has 3 rings (SSSR count). The fourth-order valence-corrected chi connectivity index (χ4v) is 2.31. The Balaban J connectivity index is 2.08. The van der Waals surface area contributed by atoms with Crippen LogP contribution >= 0.6 is 0 Å². The first-order valence-corrected chi connectivity index (χ1v) is 5.93. The number of imide groups is 1. The maximum atomic E-state index is 14.4. The van der Waals surface area contributed by atoms with Crippen molar-refractivity contribution in [2.75, 3.05) is 11.4 Å². The minimum Gasteiger partial charge on any atom is -0.350 e. The lowest BCUT2D eigenvalue weighted by molar-refractivity contribution is -0.120. The van der Waals surface area contributed by atoms with E-state index in [2.05, 4.69) is 5.32 Å². The van der Waals surface area contributed by atoms with Crippen LogP contribution in [-0.2, 0) is 11.8 Å². The lowest BCUT2D eigenvalue weighted by Crippen LogP contribution is -2.49. The molecule has 5 nitrogen and oxygen atoms in total. The normalized spacial score (nSPS) is 16.0. The summed E-state index contributed by atoms with van der Waals surface area (Å²) in [6.45, 7) is 0.194. The Labute approximate surface area is 108 Å². The zero-order valence-corrected chi connectivity index (χ0v) is 10.3. The van der Waals surface area contributed by atoms with Crippen molar-refractivity contribution in [3.8, 4) is 0 Å². The van der Waals surface area contributed by atoms with Gasteiger partial charge in [-0.05, 0) is 18.2 Å². The SMILES string of the molecule is Cn1ccc2c(F)c(N3CCC(=O)NC3=O)ccc21. The van der Waals surface area contributed by atoms with Gasteiger partial charge in [-0.25, -0.2) is 9.18 Å². The van der Waals surface area contributed by atoms with Gasteiger partial charge >= 0.3 is 6.03 Å². The average Bonchev–Trinajstić information content (AvgIpc) is 2.74. The van der Waals surface area contributed by atoms with E-state index in [1.165, 1.54) is 4.90 Å². The molecule has 1 fully saturated rings. The van der Waals surface area contributed by atoms with Gasteiger partial charge in [0.2, 0.25) is 5.91 Å². The Kier molecular flexibility index (Phi) is 2.51. The number of aromatic nitrogens is 1. The standard InChI is InChI=1S/C13H12FN3O2/c1-16-6-4-8-9(16)2-3-10(12(8)14)17-7-5-11(18)15-13(17)19/h2-4,6H,5,7H2,1H3,(H,15,18,19). The van der Waals surface area contributed by atoms with Crippen LogP contribution in [0.2, 0.25) is 0 Å². The van der Waals surface area contributed by atoms with Crippen LogP contribution in [-0.4, -0.2) is 23.1 Å². The number of hydrogen-bond donors (Lipinski definition) is 1. The summed E-state index contributed by atoms with van der Waals surface area (Å²) < 4.78 is 16.2. The predicted octanol–water partition coefficient (Wildman–Crippen LogP) is 1.76. The molecule has 0 radical (unpaired) electrons. The average molecular weight is 261 g/mol. The summed E-state index contributed by atoms with van der Waals surface area (Å²) in [5.74, 6) is -0.773. The van der Waals surface area contributed by atoms with E-state index in [1.807, 2.05) is 11.6 Å². The van der Waals surface area contributed by atoms with Crippen molar-refractivity contribution in [1.29, 1.82) is 0 Å². The second-order valence-electron chi connectivity index (χ2n) is 4.51. The van der Waals surface area contributed by atoms with Gasteiger partial charge in [-0.15, -0.1) is 0 Å². The van der Waals surface area contributed by atoms with Crippen molar-refractivity contribution in [1.82, 2.24) is 9.88 Å². The number of rotatable bonds is 1. The third-order valence-electron chi connectivity index (χ3n) is 3.33. The van der Waals surface area contributed by atoms with Gasteiger partial charge in [-0.2, -0.15) is 0 Å². The minimum atomic E-state index is -0.578. The number of halogens is 1. The van der Waals surface area contributed by atoms with Crippen LogP contribution in [0.3, 0.4) is 0 Å². The molecule has 1 aromatic carbocycles. The van der Waals surface area contributed by atoms with Crippen molar-refractivity contribution >= 4 is 28.5 Å². The van der Waals surface area contributed by atoms with Gasteiger partial charge in [0, 0.05) is 31.6 Å². The van der Waals surface area contributed by atoms with Crippen LogP contribution in [0.1, 0.15) is 6.42 Å². The Hall–Kier alpha value is -2.37. The number of nitrogens with zero attached hydrogens (tertiary/aromatic N) is 2. The van der Waals surface area contributed by atoms with Crippen molar-refractivity contribution in [2.45, 2.75) is 6.42 Å². The summed E-state index contributed by atoms with van der Waals surface area (Å²) in [7, 11) is 1.83. The van der Waals surface area contributed by atoms with Crippen molar-refractivity contribution in [3.05, 3.63) is 30.2 Å². The molecule has 0 aliphatic carbocycles. The third-order valence-corrected chi connectivity index (χ3v) is 3.33. The van der Waals surface area contributed by atoms with Gasteiger partial charge in [-0.1, -0.05) is 0 Å². The zero-order valence-electron chi connectivity index (χ0n) is 10.3. The zero-order chi connectivity index (χ0) is 13.6. The Morgan fingerprint density at radius 3 is 2.79 bits per heavy atom. The molecule has 0 bridgehead atoms. The number of aryl methyl sites for hydroxylation is 1. The Morgan fingerprint density at radius 2 is 2.05 bits per heavy atom. The van der Waals surface area contributed by atoms with E-state index in [4.69, 9.17) is 0 Å². The third kappa shape index (κ3) is 1.76. The minimum absolute atomic E-state index is 0.179. The fourth-order valence-electron chi connectivity index (χ4n) is 2.31. The van der Waals surface area contributed by atoms with Crippen LogP contribution in [0.5, 0.6) is 0 Å². The largest absolute Gasteiger partial charge is 0.350 e. The first-order chi connectivity index (χ1) is 9.08. The maximum Gasteiger partial charge on any atom is 0.328 e. The monoisotopic (exact) mass is 261 g/mol. The number of fused-ring (bicyclic) bond motifs is 1. The summed E-state index contributed by atoms with van der Waals surface area (Å²) in [5, 5.41) is 2.65. The highest BCUT2D eigenvalue weighted by Gasteiger charge is 2.27. The van der Waals surface area contributed by atoms with E-state index >= 15 is 0 Å². The van der Waals surface area contributed by atoms with Crippen LogP contribution in [0.15, 0.2) is 24.4 Å². The molecule has 0 atom stereocenters. The molecule has 1 aliphatic heterocycles. The lowest BCUT2D eigenvalue weighted by atomic mass is 10.2. The lowest BCUT2D eigenvalue weighted by Gasteiger charge is -2.27. The van der Waals surface area contributed by atoms with E-state index in [0.717, 1.165) is 5.52 Å². The molecule has 1 aliphatic rings. The van der Waals surface area contributed by atoms with Crippen molar-refractivity contribution in [3.63, 3.8) is 0 Å². The number of carbonyl (C=O) groups excluding carboxylic acids is 2. The van der Waals surface area contributed by atoms with Gasteiger partial charge in [-0.3, -0.25) is 15.0 Å². The van der Waals surface area contributed by atoms with Crippen LogP contribution in [0.25, 0.3) is 10.9 Å². The Bertz CT molecular complexity index is 692. The molecular weight excluding hydrogens is 249 g/mol. The number of urea groups is 1. The second-order valence-corrected chi connectivity index (χ2v) is 4.51. The summed E-state index contributed by atoms with van der Waals surface area (Å²) in [4.78, 5) is 24.1. The topological polar surface area (TPSA) is 54.3 Å². The summed E-state index contributed by atoms with van der Waals surface area (Å²) in [6.07, 6.45) is 1.94. The number of amides is 3. The molecule has 1 saturated heterocycles. The molecule has 0 spiro atoms. The second kappa shape index (κ2) is 4.08. The summed E-state index contributed by atoms with van der Waals surface area (Å²) in [6, 6.07) is 4.41. The molecule has 2 heterocycles. The molecular formula is C13H12FN3O2. The van der Waals surface area contributed by atoms with Gasteiger partial charge < -0.3 is 4.57 Å². The first-order valence-electron chi connectivity index (χ1n) is 5.93. The number of benzene rings is 1. The molecule has 3 amide bonds. The van der Waals surface area contributed by atoms with Crippen molar-refractivity contribution < 1.29 is 14.0 Å². The number of nitrogens with one attached hydrogen (secondary N) is 1. The van der Waals surface area contributed by atoms with Crippen LogP contribution in [0.4, 0.5) is 14.9 Å². The smallest absolute Gasteiger partial charge is 0.328 e. The van der Waals surface area contributed by atoms with Gasteiger partial charge in [0.25, 0.3) is 0 Å². The van der Waals surface area contributed by atoms with E-state index in [9.17, 15) is 14.0 Å². The molecule has 1 aromatic heterocycles. The van der Waals surface area contributed by atoms with Crippen molar-refractivity contribution in [2.24, 2.45) is 7.05 Å². The molecule has 98 valence electrons. The predicted molar refractivity (Wildman–Crippen MR) is 68.4 cm³/mol. The van der Waals surface area contributed by atoms with Crippen LogP contribution < -0.4 is 10.2 Å². The van der Waals surface area contributed by atoms with E-state index in [0.29, 0.717) is 5.39 Å². The quantitative estimate of drug-likeness (QED) is 0.850. The van der Waals surface area contributed by atoms with Gasteiger partial charge in [0.05, 0.1) is 11.2 Å². The fraction of sp³-hybridized carbons (Fsp3) is 0.231. The summed E-state index contributed by atoms with van der Waals surface area (Å²) in [5.41, 5.74) is 0.957. The molecule has 0 unspecified atom stereocenters. The summed E-state index contributed by atoms with van der Waals surface area (Å²) >= 11 is 0. The number of hydrogen-bond acceptors (Lipinski definition) is 2. The Morgan fingerprint density at radius 1 is 1.26 bits per heavy atom. The molecule has 1 N–H and O–H groups in total. The first kappa shape index (κ1) is 11.7. The maximum absolute atomic E-state index is 14.4. The van der Waals surface area contributed by atoms with Gasteiger partial charge in [0.1, 0.15) is 0 Å². The van der Waals surface area contributed by atoms with Crippen LogP contribution in [0, 0.1) is 5.82 Å². The van der Waals surface area contributed by atoms with E-state index in [1.54, 1.807) is 24.4 Å². The molecule has 0 saturated carbocycles. The van der Waals surface area contributed by atoms with E-state index < -0.39 is 11.8 Å². The number of carbonyl (C=O) groups is 2. The highest BCUT2D eigenvalue weighted by atomic mass is 19.1. The molecule has 6 heteroatoms. The highest BCUT2D eigenvalue weighted by Crippen LogP contribution is 2.28. The van der Waals surface area contributed by atoms with Gasteiger partial charge in [0.15, 0.2) is 5.82 Å². The molecule has 19 heavy (non-hydrogen) atoms. The molecule has 2 aromatic rings.